The largest absolute Gasteiger partial charge is 0.481 e. The van der Waals surface area contributed by atoms with Gasteiger partial charge in [0.1, 0.15) is 18.0 Å². The van der Waals surface area contributed by atoms with Gasteiger partial charge in [-0.1, -0.05) is 12.1 Å². The maximum Gasteiger partial charge on any atom is 0.306 e. The topological polar surface area (TPSA) is 95.4 Å². The van der Waals surface area contributed by atoms with Crippen LogP contribution in [0.2, 0.25) is 0 Å². The van der Waals surface area contributed by atoms with Gasteiger partial charge in [-0.25, -0.2) is 9.97 Å². The van der Waals surface area contributed by atoms with E-state index in [9.17, 15) is 9.59 Å². The Balaban J connectivity index is 1.71. The quantitative estimate of drug-likeness (QED) is 0.808. The molecule has 0 atom stereocenters. The molecule has 1 aliphatic rings. The molecule has 3 rings (SSSR count). The molecule has 0 radical (unpaired) electrons. The van der Waals surface area contributed by atoms with Crippen molar-refractivity contribution in [1.29, 1.82) is 0 Å². The molecule has 0 amide bonds. The fraction of sp³-hybridized carbons (Fsp3) is 0.333. The van der Waals surface area contributed by atoms with Crippen LogP contribution in [0.3, 0.4) is 0 Å². The van der Waals surface area contributed by atoms with E-state index in [2.05, 4.69) is 20.2 Å². The summed E-state index contributed by atoms with van der Waals surface area (Å²) in [5.41, 5.74) is 1.41. The predicted octanol–water partition coefficient (Wildman–Crippen LogP) is 2.72. The van der Waals surface area contributed by atoms with Crippen molar-refractivity contribution in [3.05, 3.63) is 42.2 Å². The summed E-state index contributed by atoms with van der Waals surface area (Å²) in [6.07, 6.45) is 2.71. The minimum Gasteiger partial charge on any atom is -0.481 e. The molecule has 130 valence electrons. The van der Waals surface area contributed by atoms with Crippen molar-refractivity contribution >= 4 is 29.1 Å². The number of hydrogen-bond acceptors (Lipinski definition) is 6. The van der Waals surface area contributed by atoms with Crippen molar-refractivity contribution in [2.75, 3.05) is 23.3 Å². The van der Waals surface area contributed by atoms with E-state index in [4.69, 9.17) is 5.11 Å². The van der Waals surface area contributed by atoms with Crippen LogP contribution in [0.5, 0.6) is 0 Å². The lowest BCUT2D eigenvalue weighted by molar-refractivity contribution is -0.142. The van der Waals surface area contributed by atoms with Crippen LogP contribution in [0.25, 0.3) is 0 Å². The summed E-state index contributed by atoms with van der Waals surface area (Å²) in [5, 5.41) is 12.3. The molecule has 2 N–H and O–H groups in total. The number of piperidine rings is 1. The van der Waals surface area contributed by atoms with E-state index < -0.39 is 5.97 Å². The molecule has 7 heteroatoms. The summed E-state index contributed by atoms with van der Waals surface area (Å²) < 4.78 is 0. The molecule has 0 unspecified atom stereocenters. The fourth-order valence-corrected chi connectivity index (χ4v) is 2.91. The van der Waals surface area contributed by atoms with Gasteiger partial charge in [0, 0.05) is 30.4 Å². The van der Waals surface area contributed by atoms with Gasteiger partial charge in [0.15, 0.2) is 5.78 Å². The van der Waals surface area contributed by atoms with E-state index >= 15 is 0 Å². The molecule has 1 aliphatic heterocycles. The molecule has 0 aliphatic carbocycles. The maximum atomic E-state index is 11.5. The van der Waals surface area contributed by atoms with E-state index in [-0.39, 0.29) is 11.7 Å². The highest BCUT2D eigenvalue weighted by molar-refractivity contribution is 5.95. The monoisotopic (exact) mass is 340 g/mol. The average Bonchev–Trinajstić information content (AvgIpc) is 2.62. The first-order valence-electron chi connectivity index (χ1n) is 8.21. The van der Waals surface area contributed by atoms with Crippen LogP contribution in [0.1, 0.15) is 30.1 Å². The Kier molecular flexibility index (Phi) is 4.92. The van der Waals surface area contributed by atoms with Crippen LogP contribution in [-0.2, 0) is 4.79 Å². The molecule has 1 saturated heterocycles. The van der Waals surface area contributed by atoms with Gasteiger partial charge in [0.2, 0.25) is 0 Å². The third-order valence-electron chi connectivity index (χ3n) is 4.36. The molecule has 2 aromatic rings. The summed E-state index contributed by atoms with van der Waals surface area (Å²) in [5.74, 6) is 0.406. The number of carboxylic acid groups (broad SMARTS) is 1. The van der Waals surface area contributed by atoms with E-state index in [0.29, 0.717) is 37.3 Å². The van der Waals surface area contributed by atoms with Gasteiger partial charge >= 0.3 is 5.97 Å². The second-order valence-electron chi connectivity index (χ2n) is 6.12. The Morgan fingerprint density at radius 3 is 2.64 bits per heavy atom. The highest BCUT2D eigenvalue weighted by Gasteiger charge is 2.25. The third kappa shape index (κ3) is 4.12. The number of carbonyl (C=O) groups excluding carboxylic acids is 1. The summed E-state index contributed by atoms with van der Waals surface area (Å²) in [7, 11) is 0. The van der Waals surface area contributed by atoms with Crippen molar-refractivity contribution in [1.82, 2.24) is 9.97 Å². The number of rotatable bonds is 5. The lowest BCUT2D eigenvalue weighted by Gasteiger charge is -2.31. The lowest BCUT2D eigenvalue weighted by atomic mass is 9.97. The van der Waals surface area contributed by atoms with E-state index in [1.54, 1.807) is 12.1 Å². The van der Waals surface area contributed by atoms with E-state index in [1.165, 1.54) is 13.3 Å². The first kappa shape index (κ1) is 16.9. The standard InChI is InChI=1S/C18H20N4O3/c1-12(23)14-3-2-4-15(9-14)21-16-10-17(20-11-19-16)22-7-5-13(6-8-22)18(24)25/h2-4,9-11,13H,5-8H2,1H3,(H,24,25)(H,19,20,21). The number of aromatic nitrogens is 2. The Labute approximate surface area is 145 Å². The molecule has 2 heterocycles. The van der Waals surface area contributed by atoms with E-state index in [1.807, 2.05) is 18.2 Å². The normalized spacial score (nSPS) is 15.0. The number of anilines is 3. The maximum absolute atomic E-state index is 11.5. The highest BCUT2D eigenvalue weighted by Crippen LogP contribution is 2.24. The summed E-state index contributed by atoms with van der Waals surface area (Å²) in [6, 6.07) is 9.07. The van der Waals surface area contributed by atoms with Crippen molar-refractivity contribution in [3.63, 3.8) is 0 Å². The number of Topliss-reactive ketones (excluding diaryl/α,β-unsaturated/α-hetero) is 1. The van der Waals surface area contributed by atoms with Crippen LogP contribution in [0.4, 0.5) is 17.3 Å². The van der Waals surface area contributed by atoms with Gasteiger partial charge < -0.3 is 15.3 Å². The molecule has 0 saturated carbocycles. The van der Waals surface area contributed by atoms with Crippen molar-refractivity contribution in [3.8, 4) is 0 Å². The number of carbonyl (C=O) groups is 2. The summed E-state index contributed by atoms with van der Waals surface area (Å²) in [4.78, 5) is 33.1. The Morgan fingerprint density at radius 2 is 1.96 bits per heavy atom. The highest BCUT2D eigenvalue weighted by atomic mass is 16.4. The number of hydrogen-bond donors (Lipinski definition) is 2. The Morgan fingerprint density at radius 1 is 1.20 bits per heavy atom. The molecule has 7 nitrogen and oxygen atoms in total. The van der Waals surface area contributed by atoms with Crippen molar-refractivity contribution in [2.24, 2.45) is 5.92 Å². The van der Waals surface area contributed by atoms with Gasteiger partial charge in [-0.2, -0.15) is 0 Å². The number of nitrogens with zero attached hydrogens (tertiary/aromatic N) is 3. The van der Waals surface area contributed by atoms with Gasteiger partial charge in [-0.05, 0) is 31.9 Å². The molecule has 1 fully saturated rings. The summed E-state index contributed by atoms with van der Waals surface area (Å²) in [6.45, 7) is 2.85. The van der Waals surface area contributed by atoms with Crippen LogP contribution in [0, 0.1) is 5.92 Å². The number of nitrogens with one attached hydrogen (secondary N) is 1. The molecule has 1 aromatic heterocycles. The number of benzene rings is 1. The number of carboxylic acids is 1. The molecule has 25 heavy (non-hydrogen) atoms. The first-order chi connectivity index (χ1) is 12.0. The number of ketones is 1. The minimum atomic E-state index is -0.727. The zero-order valence-corrected chi connectivity index (χ0v) is 14.0. The second kappa shape index (κ2) is 7.29. The molecular weight excluding hydrogens is 320 g/mol. The van der Waals surface area contributed by atoms with Gasteiger partial charge in [0.05, 0.1) is 5.92 Å². The molecular formula is C18H20N4O3. The lowest BCUT2D eigenvalue weighted by Crippen LogP contribution is -2.36. The van der Waals surface area contributed by atoms with Crippen molar-refractivity contribution < 1.29 is 14.7 Å². The third-order valence-corrected chi connectivity index (χ3v) is 4.36. The van der Waals surface area contributed by atoms with E-state index in [0.717, 1.165) is 11.5 Å². The summed E-state index contributed by atoms with van der Waals surface area (Å²) >= 11 is 0. The van der Waals surface area contributed by atoms with Gasteiger partial charge in [-0.3, -0.25) is 9.59 Å². The van der Waals surface area contributed by atoms with Crippen LogP contribution < -0.4 is 10.2 Å². The molecule has 1 aromatic carbocycles. The first-order valence-corrected chi connectivity index (χ1v) is 8.21. The Bertz CT molecular complexity index is 785. The minimum absolute atomic E-state index is 0.00771. The number of aliphatic carboxylic acids is 1. The van der Waals surface area contributed by atoms with Crippen molar-refractivity contribution in [2.45, 2.75) is 19.8 Å². The van der Waals surface area contributed by atoms with Crippen LogP contribution >= 0.6 is 0 Å². The average molecular weight is 340 g/mol. The van der Waals surface area contributed by atoms with Crippen LogP contribution in [-0.4, -0.2) is 39.9 Å². The Hall–Kier alpha value is -2.96. The zero-order chi connectivity index (χ0) is 17.8. The molecule has 0 bridgehead atoms. The van der Waals surface area contributed by atoms with Gasteiger partial charge in [-0.15, -0.1) is 0 Å². The van der Waals surface area contributed by atoms with Crippen LogP contribution in [0.15, 0.2) is 36.7 Å². The zero-order valence-electron chi connectivity index (χ0n) is 14.0. The SMILES string of the molecule is CC(=O)c1cccc(Nc2cc(N3CCC(C(=O)O)CC3)ncn2)c1. The second-order valence-corrected chi connectivity index (χ2v) is 6.12. The fourth-order valence-electron chi connectivity index (χ4n) is 2.91. The smallest absolute Gasteiger partial charge is 0.306 e. The predicted molar refractivity (Wildman–Crippen MR) is 94.3 cm³/mol. The van der Waals surface area contributed by atoms with Gasteiger partial charge in [0.25, 0.3) is 0 Å². The molecule has 0 spiro atoms.